The second-order valence-electron chi connectivity index (χ2n) is 5.30. The summed E-state index contributed by atoms with van der Waals surface area (Å²) in [6.45, 7) is 2.09. The first-order valence-corrected chi connectivity index (χ1v) is 7.38. The van der Waals surface area contributed by atoms with Crippen LogP contribution < -0.4 is 10.6 Å². The lowest BCUT2D eigenvalue weighted by molar-refractivity contribution is -0.118. The van der Waals surface area contributed by atoms with Gasteiger partial charge in [-0.2, -0.15) is 0 Å². The van der Waals surface area contributed by atoms with Crippen LogP contribution in [0.2, 0.25) is 0 Å². The van der Waals surface area contributed by atoms with E-state index < -0.39 is 0 Å². The Labute approximate surface area is 124 Å². The number of anilines is 1. The van der Waals surface area contributed by atoms with Crippen molar-refractivity contribution in [2.45, 2.75) is 32.2 Å². The number of carbonyl (C=O) groups is 1. The van der Waals surface area contributed by atoms with E-state index in [1.807, 2.05) is 24.4 Å². The molecule has 1 unspecified atom stereocenters. The van der Waals surface area contributed by atoms with Crippen molar-refractivity contribution < 1.29 is 4.79 Å². The second kappa shape index (κ2) is 5.69. The summed E-state index contributed by atoms with van der Waals surface area (Å²) in [5.74, 6) is 0.782. The van der Waals surface area contributed by atoms with Gasteiger partial charge in [-0.1, -0.05) is 25.1 Å². The minimum absolute atomic E-state index is 0.00613. The molecule has 0 aliphatic carbocycles. The van der Waals surface area contributed by atoms with Crippen molar-refractivity contribution in [3.05, 3.63) is 47.5 Å². The van der Waals surface area contributed by atoms with Crippen LogP contribution in [0.5, 0.6) is 0 Å². The highest BCUT2D eigenvalue weighted by atomic mass is 16.2. The highest BCUT2D eigenvalue weighted by Gasteiger charge is 2.32. The lowest BCUT2D eigenvalue weighted by Crippen LogP contribution is -2.42. The average Bonchev–Trinajstić information content (AvgIpc) is 3.02. The topological polar surface area (TPSA) is 75.0 Å². The lowest BCUT2D eigenvalue weighted by Gasteiger charge is -2.36. The fourth-order valence-corrected chi connectivity index (χ4v) is 2.94. The van der Waals surface area contributed by atoms with Crippen LogP contribution in [0.1, 0.15) is 36.5 Å². The number of nitrogens with one attached hydrogen (secondary N) is 1. The molecule has 0 saturated carbocycles. The summed E-state index contributed by atoms with van der Waals surface area (Å²) in [6, 6.07) is 7.96. The van der Waals surface area contributed by atoms with Crippen LogP contribution in [0.15, 0.2) is 30.5 Å². The molecule has 21 heavy (non-hydrogen) atoms. The van der Waals surface area contributed by atoms with Gasteiger partial charge >= 0.3 is 0 Å². The van der Waals surface area contributed by atoms with Crippen molar-refractivity contribution in [3.8, 4) is 0 Å². The zero-order valence-electron chi connectivity index (χ0n) is 12.2. The largest absolute Gasteiger partial charge is 0.344 e. The molecule has 3 rings (SSSR count). The van der Waals surface area contributed by atoms with Crippen molar-refractivity contribution in [2.24, 2.45) is 5.73 Å². The third kappa shape index (κ3) is 2.45. The number of aromatic nitrogens is 2. The van der Waals surface area contributed by atoms with Gasteiger partial charge in [-0.25, -0.2) is 4.98 Å². The molecule has 0 saturated heterocycles. The average molecular weight is 284 g/mol. The Morgan fingerprint density at radius 3 is 3.00 bits per heavy atom. The van der Waals surface area contributed by atoms with E-state index in [1.54, 1.807) is 4.90 Å². The molecule has 3 N–H and O–H groups in total. The molecule has 0 fully saturated rings. The number of fused-ring (bicyclic) bond motifs is 1. The Morgan fingerprint density at radius 2 is 2.29 bits per heavy atom. The number of H-pyrrole nitrogens is 1. The summed E-state index contributed by atoms with van der Waals surface area (Å²) >= 11 is 0. The van der Waals surface area contributed by atoms with Gasteiger partial charge in [0.25, 0.3) is 0 Å². The third-order valence-corrected chi connectivity index (χ3v) is 4.04. The fraction of sp³-hybridized carbons (Fsp3) is 0.375. The predicted octanol–water partition coefficient (Wildman–Crippen LogP) is 1.95. The monoisotopic (exact) mass is 284 g/mol. The van der Waals surface area contributed by atoms with Crippen molar-refractivity contribution in [2.75, 3.05) is 11.4 Å². The summed E-state index contributed by atoms with van der Waals surface area (Å²) in [6.07, 6.45) is 4.55. The number of benzene rings is 1. The summed E-state index contributed by atoms with van der Waals surface area (Å²) < 4.78 is 0. The van der Waals surface area contributed by atoms with E-state index in [0.717, 1.165) is 36.5 Å². The SMILES string of the molecule is CCc1cnc(C2CCc3ccccc3N2C(=O)CN)[nH]1. The number of aryl methyl sites for hydroxylation is 2. The smallest absolute Gasteiger partial charge is 0.241 e. The van der Waals surface area contributed by atoms with Crippen molar-refractivity contribution in [1.29, 1.82) is 0 Å². The van der Waals surface area contributed by atoms with Gasteiger partial charge in [0.1, 0.15) is 5.82 Å². The third-order valence-electron chi connectivity index (χ3n) is 4.04. The molecule has 0 radical (unpaired) electrons. The number of imidazole rings is 1. The highest BCUT2D eigenvalue weighted by Crippen LogP contribution is 2.37. The summed E-state index contributed by atoms with van der Waals surface area (Å²) in [7, 11) is 0. The molecule has 1 amide bonds. The van der Waals surface area contributed by atoms with Crippen molar-refractivity contribution in [3.63, 3.8) is 0 Å². The van der Waals surface area contributed by atoms with Crippen LogP contribution in [0.4, 0.5) is 5.69 Å². The van der Waals surface area contributed by atoms with Gasteiger partial charge in [-0.3, -0.25) is 4.79 Å². The van der Waals surface area contributed by atoms with E-state index >= 15 is 0 Å². The van der Waals surface area contributed by atoms with Crippen LogP contribution in [0.25, 0.3) is 0 Å². The molecular weight excluding hydrogens is 264 g/mol. The van der Waals surface area contributed by atoms with E-state index in [2.05, 4.69) is 23.0 Å². The van der Waals surface area contributed by atoms with Crippen molar-refractivity contribution in [1.82, 2.24) is 9.97 Å². The number of amides is 1. The van der Waals surface area contributed by atoms with Gasteiger partial charge in [0.05, 0.1) is 12.6 Å². The van der Waals surface area contributed by atoms with Gasteiger partial charge < -0.3 is 15.6 Å². The number of carbonyl (C=O) groups excluding carboxylic acids is 1. The van der Waals surface area contributed by atoms with Crippen LogP contribution in [-0.4, -0.2) is 22.4 Å². The number of hydrogen-bond acceptors (Lipinski definition) is 3. The Morgan fingerprint density at radius 1 is 1.48 bits per heavy atom. The van der Waals surface area contributed by atoms with Crippen LogP contribution in [-0.2, 0) is 17.6 Å². The van der Waals surface area contributed by atoms with Gasteiger partial charge in [0.15, 0.2) is 0 Å². The molecule has 1 aliphatic rings. The normalized spacial score (nSPS) is 17.6. The molecule has 2 heterocycles. The zero-order chi connectivity index (χ0) is 14.8. The molecule has 2 aromatic rings. The van der Waals surface area contributed by atoms with Gasteiger partial charge in [0, 0.05) is 17.6 Å². The van der Waals surface area contributed by atoms with Gasteiger partial charge in [-0.15, -0.1) is 0 Å². The van der Waals surface area contributed by atoms with Gasteiger partial charge in [0.2, 0.25) is 5.91 Å². The number of nitrogens with zero attached hydrogens (tertiary/aromatic N) is 2. The zero-order valence-corrected chi connectivity index (χ0v) is 12.2. The molecule has 0 bridgehead atoms. The first kappa shape index (κ1) is 13.8. The summed E-state index contributed by atoms with van der Waals surface area (Å²) in [5, 5.41) is 0. The maximum Gasteiger partial charge on any atom is 0.241 e. The molecular formula is C16H20N4O. The quantitative estimate of drug-likeness (QED) is 0.904. The molecule has 1 aromatic heterocycles. The first-order valence-electron chi connectivity index (χ1n) is 7.38. The van der Waals surface area contributed by atoms with E-state index in [-0.39, 0.29) is 18.5 Å². The molecule has 1 aliphatic heterocycles. The lowest BCUT2D eigenvalue weighted by atomic mass is 9.95. The molecule has 1 atom stereocenters. The van der Waals surface area contributed by atoms with E-state index in [1.165, 1.54) is 5.56 Å². The number of nitrogens with two attached hydrogens (primary N) is 1. The summed E-state index contributed by atoms with van der Waals surface area (Å²) in [5.41, 5.74) is 8.85. The predicted molar refractivity (Wildman–Crippen MR) is 82.0 cm³/mol. The Kier molecular flexibility index (Phi) is 3.75. The van der Waals surface area contributed by atoms with E-state index in [4.69, 9.17) is 5.73 Å². The minimum atomic E-state index is -0.0680. The molecule has 0 spiro atoms. The van der Waals surface area contributed by atoms with Crippen LogP contribution in [0, 0.1) is 0 Å². The van der Waals surface area contributed by atoms with Crippen LogP contribution >= 0.6 is 0 Å². The van der Waals surface area contributed by atoms with Crippen LogP contribution in [0.3, 0.4) is 0 Å². The number of aromatic amines is 1. The van der Waals surface area contributed by atoms with E-state index in [0.29, 0.717) is 0 Å². The Bertz CT molecular complexity index is 649. The maximum absolute atomic E-state index is 12.3. The standard InChI is InChI=1S/C16H20N4O/c1-2-12-10-18-16(19-12)14-8-7-11-5-3-4-6-13(11)20(14)15(21)9-17/h3-6,10,14H,2,7-9,17H2,1H3,(H,18,19). The second-order valence-corrected chi connectivity index (χ2v) is 5.30. The molecule has 110 valence electrons. The molecule has 5 heteroatoms. The summed E-state index contributed by atoms with van der Waals surface area (Å²) in [4.78, 5) is 21.9. The minimum Gasteiger partial charge on any atom is -0.344 e. The highest BCUT2D eigenvalue weighted by molar-refractivity contribution is 5.96. The number of hydrogen-bond donors (Lipinski definition) is 2. The molecule has 5 nitrogen and oxygen atoms in total. The number of rotatable bonds is 3. The van der Waals surface area contributed by atoms with Crippen molar-refractivity contribution >= 4 is 11.6 Å². The Hall–Kier alpha value is -2.14. The Balaban J connectivity index is 2.02. The first-order chi connectivity index (χ1) is 10.2. The number of para-hydroxylation sites is 1. The maximum atomic E-state index is 12.3. The van der Waals surface area contributed by atoms with Gasteiger partial charge in [-0.05, 0) is 30.9 Å². The molecule has 1 aromatic carbocycles. The van der Waals surface area contributed by atoms with E-state index in [9.17, 15) is 4.79 Å². The fourth-order valence-electron chi connectivity index (χ4n) is 2.94.